The molecule has 0 saturated heterocycles. The average Bonchev–Trinajstić information content (AvgIpc) is 2.83. The predicted octanol–water partition coefficient (Wildman–Crippen LogP) is 9.05. The van der Waals surface area contributed by atoms with Crippen LogP contribution in [0.4, 0.5) is 0 Å². The first-order valence-corrected chi connectivity index (χ1v) is 19.1. The summed E-state index contributed by atoms with van der Waals surface area (Å²) in [7, 11) is -9.66. The zero-order valence-electron chi connectivity index (χ0n) is 24.6. The minimum atomic E-state index is -3.32. The topological polar surface area (TPSA) is 107 Å². The van der Waals surface area contributed by atoms with Gasteiger partial charge in [-0.1, -0.05) is 33.1 Å². The molecule has 0 aromatic rings. The number of rotatable bonds is 25. The summed E-state index contributed by atoms with van der Waals surface area (Å²) in [6, 6.07) is 0. The van der Waals surface area contributed by atoms with Gasteiger partial charge in [-0.05, 0) is 73.6 Å². The van der Waals surface area contributed by atoms with E-state index >= 15 is 0 Å². The van der Waals surface area contributed by atoms with Gasteiger partial charge in [0, 0.05) is 0 Å². The van der Waals surface area contributed by atoms with Gasteiger partial charge < -0.3 is 27.1 Å². The van der Waals surface area contributed by atoms with E-state index in [0.717, 1.165) is 12.8 Å². The molecule has 0 rings (SSSR count). The van der Waals surface area contributed by atoms with Crippen LogP contribution in [-0.4, -0.2) is 56.6 Å². The fourth-order valence-electron chi connectivity index (χ4n) is 4.48. The molecular weight excluding hydrogens is 537 g/mol. The molecule has 0 aliphatic rings. The molecule has 0 spiro atoms. The highest BCUT2D eigenvalue weighted by Gasteiger charge is 2.37. The molecule has 0 saturated carbocycles. The number of hydrogen-bond donors (Lipinski definition) is 0. The maximum absolute atomic E-state index is 13.7. The summed E-state index contributed by atoms with van der Waals surface area (Å²) in [6.07, 6.45) is 5.56. The summed E-state index contributed by atoms with van der Waals surface area (Å²) in [5.74, 6) is 0. The Morgan fingerprint density at radius 1 is 0.459 bits per heavy atom. The Morgan fingerprint density at radius 3 is 1.19 bits per heavy atom. The highest BCUT2D eigenvalue weighted by Crippen LogP contribution is 2.59. The van der Waals surface area contributed by atoms with Crippen LogP contribution in [0.1, 0.15) is 107 Å². The van der Waals surface area contributed by atoms with Crippen molar-refractivity contribution >= 4 is 22.8 Å². The van der Waals surface area contributed by atoms with Crippen LogP contribution in [0, 0.1) is 0 Å². The quantitative estimate of drug-likeness (QED) is 0.0758. The molecule has 3 atom stereocenters. The number of hydrogen-bond acceptors (Lipinski definition) is 9. The van der Waals surface area contributed by atoms with Crippen LogP contribution in [0.25, 0.3) is 0 Å². The van der Waals surface area contributed by atoms with E-state index in [1.54, 1.807) is 0 Å². The van der Waals surface area contributed by atoms with Crippen molar-refractivity contribution in [2.24, 2.45) is 0 Å². The summed E-state index contributed by atoms with van der Waals surface area (Å²) in [4.78, 5) is 0. The minimum absolute atomic E-state index is 0.209. The monoisotopic (exact) mass is 592 g/mol. The molecule has 9 nitrogen and oxygen atoms in total. The summed E-state index contributed by atoms with van der Waals surface area (Å²) in [5, 5.41) is 0. The van der Waals surface area contributed by atoms with Gasteiger partial charge in [0.1, 0.15) is 0 Å². The van der Waals surface area contributed by atoms with Gasteiger partial charge in [-0.3, -0.25) is 13.7 Å². The predicted molar refractivity (Wildman–Crippen MR) is 152 cm³/mol. The standard InChI is InChI=1S/C25H55O9P3/c1-9-24(36(27,31-12-4)32-13-5)21-18-22-25(37(28,33-14-6)34-15-7)20-17-16-19-23(8)35(26,29-10-2)30-11-3/h23-25H,9-22H2,1-8H3. The maximum Gasteiger partial charge on any atom is 0.333 e. The van der Waals surface area contributed by atoms with Crippen molar-refractivity contribution in [1.29, 1.82) is 0 Å². The van der Waals surface area contributed by atoms with E-state index in [-0.39, 0.29) is 17.0 Å². The van der Waals surface area contributed by atoms with Gasteiger partial charge in [0.2, 0.25) is 0 Å². The Labute approximate surface area is 227 Å². The molecule has 0 aliphatic heterocycles. The summed E-state index contributed by atoms with van der Waals surface area (Å²) in [5.41, 5.74) is -0.698. The molecule has 3 unspecified atom stereocenters. The van der Waals surface area contributed by atoms with Gasteiger partial charge in [0.15, 0.2) is 0 Å². The zero-order valence-corrected chi connectivity index (χ0v) is 27.3. The van der Waals surface area contributed by atoms with Crippen LogP contribution in [0.15, 0.2) is 0 Å². The Bertz CT molecular complexity index is 690. The molecule has 0 aromatic heterocycles. The van der Waals surface area contributed by atoms with Crippen LogP contribution in [0.3, 0.4) is 0 Å². The van der Waals surface area contributed by atoms with Crippen LogP contribution in [0.5, 0.6) is 0 Å². The molecule has 0 heterocycles. The molecule has 0 aromatic carbocycles. The van der Waals surface area contributed by atoms with Crippen LogP contribution in [0.2, 0.25) is 0 Å². The largest absolute Gasteiger partial charge is 0.333 e. The van der Waals surface area contributed by atoms with Crippen LogP contribution in [-0.2, 0) is 40.8 Å². The lowest BCUT2D eigenvalue weighted by Gasteiger charge is -2.28. The molecule has 0 amide bonds. The second-order valence-corrected chi connectivity index (χ2v) is 16.0. The molecule has 0 fully saturated rings. The van der Waals surface area contributed by atoms with E-state index < -0.39 is 22.8 Å². The summed E-state index contributed by atoms with van der Waals surface area (Å²) >= 11 is 0. The third-order valence-electron chi connectivity index (χ3n) is 6.24. The van der Waals surface area contributed by atoms with Gasteiger partial charge in [-0.2, -0.15) is 0 Å². The molecular formula is C25H55O9P3. The van der Waals surface area contributed by atoms with Crippen molar-refractivity contribution in [2.45, 2.75) is 124 Å². The first kappa shape index (κ1) is 37.5. The third kappa shape index (κ3) is 13.1. The van der Waals surface area contributed by atoms with Crippen molar-refractivity contribution in [3.8, 4) is 0 Å². The van der Waals surface area contributed by atoms with Crippen molar-refractivity contribution < 1.29 is 40.8 Å². The Hall–Kier alpha value is 0.450. The van der Waals surface area contributed by atoms with Crippen molar-refractivity contribution in [3.05, 3.63) is 0 Å². The Kier molecular flexibility index (Phi) is 20.6. The van der Waals surface area contributed by atoms with Gasteiger partial charge in [0.05, 0.1) is 56.6 Å². The Balaban J connectivity index is 5.33. The van der Waals surface area contributed by atoms with E-state index in [2.05, 4.69) is 0 Å². The first-order chi connectivity index (χ1) is 17.6. The van der Waals surface area contributed by atoms with Crippen molar-refractivity contribution in [3.63, 3.8) is 0 Å². The SMILES string of the molecule is CCOP(=O)(OCC)C(C)CCCCC(CCCC(CC)P(=O)(OCC)OCC)P(=O)(OCC)OCC. The van der Waals surface area contributed by atoms with Crippen LogP contribution < -0.4 is 0 Å². The molecule has 224 valence electrons. The molecule has 0 radical (unpaired) electrons. The molecule has 0 bridgehead atoms. The Morgan fingerprint density at radius 2 is 0.784 bits per heavy atom. The molecule has 0 N–H and O–H groups in total. The average molecular weight is 593 g/mol. The van der Waals surface area contributed by atoms with Crippen molar-refractivity contribution in [2.75, 3.05) is 39.6 Å². The minimum Gasteiger partial charge on any atom is -0.309 e. The lowest BCUT2D eigenvalue weighted by Crippen LogP contribution is -2.17. The molecule has 37 heavy (non-hydrogen) atoms. The van der Waals surface area contributed by atoms with Gasteiger partial charge in [-0.25, -0.2) is 0 Å². The highest BCUT2D eigenvalue weighted by molar-refractivity contribution is 7.55. The van der Waals surface area contributed by atoms with E-state index in [9.17, 15) is 13.7 Å². The van der Waals surface area contributed by atoms with Gasteiger partial charge in [-0.15, -0.1) is 0 Å². The number of unbranched alkanes of at least 4 members (excludes halogenated alkanes) is 1. The maximum atomic E-state index is 13.7. The summed E-state index contributed by atoms with van der Waals surface area (Å²) < 4.78 is 73.5. The first-order valence-electron chi connectivity index (χ1n) is 14.2. The second kappa shape index (κ2) is 20.3. The second-order valence-electron chi connectivity index (χ2n) is 8.91. The zero-order chi connectivity index (χ0) is 28.4. The molecule has 0 aliphatic carbocycles. The fourth-order valence-corrected chi connectivity index (χ4v) is 10.7. The smallest absolute Gasteiger partial charge is 0.309 e. The lowest BCUT2D eigenvalue weighted by molar-refractivity contribution is 0.205. The summed E-state index contributed by atoms with van der Waals surface area (Å²) in [6.45, 7) is 16.7. The van der Waals surface area contributed by atoms with Gasteiger partial charge in [0.25, 0.3) is 0 Å². The molecule has 12 heteroatoms. The lowest BCUT2D eigenvalue weighted by atomic mass is 10.1. The highest BCUT2D eigenvalue weighted by atomic mass is 31.2. The van der Waals surface area contributed by atoms with Crippen molar-refractivity contribution in [1.82, 2.24) is 0 Å². The normalized spacial score (nSPS) is 15.6. The van der Waals surface area contributed by atoms with Crippen LogP contribution >= 0.6 is 22.8 Å². The van der Waals surface area contributed by atoms with E-state index in [1.807, 2.05) is 55.4 Å². The van der Waals surface area contributed by atoms with E-state index in [1.165, 1.54) is 0 Å². The fraction of sp³-hybridized carbons (Fsp3) is 1.00. The van der Waals surface area contributed by atoms with E-state index in [0.29, 0.717) is 78.2 Å². The van der Waals surface area contributed by atoms with Gasteiger partial charge >= 0.3 is 22.8 Å². The van der Waals surface area contributed by atoms with E-state index in [4.69, 9.17) is 27.1 Å². The third-order valence-corrected chi connectivity index (χ3v) is 14.2.